The van der Waals surface area contributed by atoms with E-state index in [1.54, 1.807) is 0 Å². The standard InChI is InChI=1S/C13H15NO5.C2H6/c15-13(18-11-4-2-1-3-5-11)19-12-8-6-10(7-9-12)14(16)17;1-2/h6-9,11H,1-5H2;1-2H3. The molecule has 1 aliphatic rings. The predicted octanol–water partition coefficient (Wildman–Crippen LogP) is 4.47. The van der Waals surface area contributed by atoms with E-state index in [0.717, 1.165) is 25.7 Å². The van der Waals surface area contributed by atoms with Crippen molar-refractivity contribution in [2.24, 2.45) is 0 Å². The zero-order valence-corrected chi connectivity index (χ0v) is 12.4. The molecule has 0 unspecified atom stereocenters. The van der Waals surface area contributed by atoms with Crippen LogP contribution in [0.1, 0.15) is 46.0 Å². The van der Waals surface area contributed by atoms with Crippen LogP contribution in [0.3, 0.4) is 0 Å². The van der Waals surface area contributed by atoms with E-state index in [-0.39, 0.29) is 17.5 Å². The molecule has 116 valence electrons. The highest BCUT2D eigenvalue weighted by molar-refractivity contribution is 5.64. The largest absolute Gasteiger partial charge is 0.514 e. The smallest absolute Gasteiger partial charge is 0.431 e. The minimum atomic E-state index is -0.749. The lowest BCUT2D eigenvalue weighted by Crippen LogP contribution is -2.23. The number of rotatable bonds is 3. The van der Waals surface area contributed by atoms with Crippen LogP contribution in [0.2, 0.25) is 0 Å². The van der Waals surface area contributed by atoms with Gasteiger partial charge in [-0.05, 0) is 37.8 Å². The van der Waals surface area contributed by atoms with E-state index in [2.05, 4.69) is 0 Å². The van der Waals surface area contributed by atoms with Gasteiger partial charge in [0.15, 0.2) is 0 Å². The number of ether oxygens (including phenoxy) is 2. The minimum absolute atomic E-state index is 0.0482. The third kappa shape index (κ3) is 5.81. The lowest BCUT2D eigenvalue weighted by atomic mass is 9.98. The number of carbonyl (C=O) groups is 1. The molecule has 1 aliphatic carbocycles. The maximum atomic E-state index is 11.5. The van der Waals surface area contributed by atoms with Crippen molar-refractivity contribution in [3.05, 3.63) is 34.4 Å². The number of nitrogens with zero attached hydrogens (tertiary/aromatic N) is 1. The Bertz CT molecular complexity index is 452. The molecule has 1 fully saturated rings. The van der Waals surface area contributed by atoms with E-state index < -0.39 is 11.1 Å². The Labute approximate surface area is 124 Å². The average molecular weight is 295 g/mol. The van der Waals surface area contributed by atoms with Gasteiger partial charge in [-0.15, -0.1) is 0 Å². The molecule has 0 bridgehead atoms. The minimum Gasteiger partial charge on any atom is -0.431 e. The molecular formula is C15H21NO5. The number of benzene rings is 1. The van der Waals surface area contributed by atoms with Gasteiger partial charge in [0.25, 0.3) is 5.69 Å². The summed E-state index contributed by atoms with van der Waals surface area (Å²) in [5, 5.41) is 10.5. The van der Waals surface area contributed by atoms with Gasteiger partial charge >= 0.3 is 6.16 Å². The highest BCUT2D eigenvalue weighted by Crippen LogP contribution is 2.22. The van der Waals surface area contributed by atoms with Crippen molar-refractivity contribution in [3.8, 4) is 5.75 Å². The normalized spacial score (nSPS) is 14.6. The van der Waals surface area contributed by atoms with Crippen LogP contribution in [0.4, 0.5) is 10.5 Å². The summed E-state index contributed by atoms with van der Waals surface area (Å²) in [4.78, 5) is 21.5. The SMILES string of the molecule is CC.O=C(Oc1ccc([N+](=O)[O-])cc1)OC1CCCCC1. The Balaban J connectivity index is 0.00000106. The third-order valence-electron chi connectivity index (χ3n) is 3.06. The molecule has 2 rings (SSSR count). The van der Waals surface area contributed by atoms with Crippen molar-refractivity contribution < 1.29 is 19.2 Å². The molecule has 0 atom stereocenters. The molecule has 0 radical (unpaired) electrons. The molecule has 0 amide bonds. The van der Waals surface area contributed by atoms with Gasteiger partial charge in [-0.3, -0.25) is 10.1 Å². The number of nitro groups is 1. The number of hydrogen-bond acceptors (Lipinski definition) is 5. The fourth-order valence-corrected chi connectivity index (χ4v) is 2.08. The van der Waals surface area contributed by atoms with Crippen LogP contribution in [0, 0.1) is 10.1 Å². The van der Waals surface area contributed by atoms with E-state index in [1.807, 2.05) is 13.8 Å². The van der Waals surface area contributed by atoms with E-state index in [9.17, 15) is 14.9 Å². The molecule has 1 aromatic carbocycles. The lowest BCUT2D eigenvalue weighted by molar-refractivity contribution is -0.384. The van der Waals surface area contributed by atoms with Crippen LogP contribution in [-0.2, 0) is 4.74 Å². The fraction of sp³-hybridized carbons (Fsp3) is 0.533. The van der Waals surface area contributed by atoms with Crippen LogP contribution in [-0.4, -0.2) is 17.2 Å². The van der Waals surface area contributed by atoms with Gasteiger partial charge < -0.3 is 9.47 Å². The van der Waals surface area contributed by atoms with E-state index in [4.69, 9.17) is 9.47 Å². The fourth-order valence-electron chi connectivity index (χ4n) is 2.08. The average Bonchev–Trinajstić information content (AvgIpc) is 2.50. The van der Waals surface area contributed by atoms with Crippen molar-refractivity contribution >= 4 is 11.8 Å². The van der Waals surface area contributed by atoms with Crippen molar-refractivity contribution in [2.45, 2.75) is 52.1 Å². The van der Waals surface area contributed by atoms with Crippen molar-refractivity contribution in [1.29, 1.82) is 0 Å². The van der Waals surface area contributed by atoms with Crippen LogP contribution >= 0.6 is 0 Å². The summed E-state index contributed by atoms with van der Waals surface area (Å²) in [5.41, 5.74) is -0.0482. The highest BCUT2D eigenvalue weighted by Gasteiger charge is 2.19. The van der Waals surface area contributed by atoms with E-state index in [1.165, 1.54) is 30.7 Å². The summed E-state index contributed by atoms with van der Waals surface area (Å²) < 4.78 is 10.1. The van der Waals surface area contributed by atoms with Crippen LogP contribution in [0.5, 0.6) is 5.75 Å². The molecular weight excluding hydrogens is 274 g/mol. The zero-order chi connectivity index (χ0) is 15.7. The topological polar surface area (TPSA) is 78.7 Å². The molecule has 0 N–H and O–H groups in total. The molecule has 6 heteroatoms. The molecule has 0 aliphatic heterocycles. The quantitative estimate of drug-likeness (QED) is 0.356. The Morgan fingerprint density at radius 3 is 2.24 bits per heavy atom. The van der Waals surface area contributed by atoms with Gasteiger partial charge in [-0.25, -0.2) is 4.79 Å². The Hall–Kier alpha value is -2.11. The lowest BCUT2D eigenvalue weighted by Gasteiger charge is -2.21. The monoisotopic (exact) mass is 295 g/mol. The van der Waals surface area contributed by atoms with Crippen LogP contribution < -0.4 is 4.74 Å². The van der Waals surface area contributed by atoms with Gasteiger partial charge in [0, 0.05) is 12.1 Å². The van der Waals surface area contributed by atoms with Crippen LogP contribution in [0.25, 0.3) is 0 Å². The molecule has 0 spiro atoms. The van der Waals surface area contributed by atoms with E-state index >= 15 is 0 Å². The second kappa shape index (κ2) is 8.94. The zero-order valence-electron chi connectivity index (χ0n) is 12.4. The molecule has 6 nitrogen and oxygen atoms in total. The molecule has 21 heavy (non-hydrogen) atoms. The van der Waals surface area contributed by atoms with E-state index in [0.29, 0.717) is 0 Å². The molecule has 0 aromatic heterocycles. The first kappa shape index (κ1) is 16.9. The number of hydrogen-bond donors (Lipinski definition) is 0. The van der Waals surface area contributed by atoms with Crippen molar-refractivity contribution in [1.82, 2.24) is 0 Å². The summed E-state index contributed by atoms with van der Waals surface area (Å²) in [6, 6.07) is 5.31. The van der Waals surface area contributed by atoms with Crippen LogP contribution in [0.15, 0.2) is 24.3 Å². The number of non-ortho nitro benzene ring substituents is 1. The third-order valence-corrected chi connectivity index (χ3v) is 3.06. The second-order valence-corrected chi connectivity index (χ2v) is 4.48. The van der Waals surface area contributed by atoms with Gasteiger partial charge in [-0.2, -0.15) is 0 Å². The maximum Gasteiger partial charge on any atom is 0.514 e. The second-order valence-electron chi connectivity index (χ2n) is 4.48. The first-order chi connectivity index (χ1) is 10.1. The number of nitro benzene ring substituents is 1. The molecule has 1 saturated carbocycles. The van der Waals surface area contributed by atoms with Gasteiger partial charge in [0.05, 0.1) is 4.92 Å². The van der Waals surface area contributed by atoms with Crippen molar-refractivity contribution in [3.63, 3.8) is 0 Å². The van der Waals surface area contributed by atoms with Gasteiger partial charge in [0.2, 0.25) is 0 Å². The highest BCUT2D eigenvalue weighted by atomic mass is 16.7. The first-order valence-corrected chi connectivity index (χ1v) is 7.28. The maximum absolute atomic E-state index is 11.5. The Kier molecular flexibility index (Phi) is 7.21. The first-order valence-electron chi connectivity index (χ1n) is 7.28. The molecule has 0 heterocycles. The summed E-state index contributed by atoms with van der Waals surface area (Å²) >= 11 is 0. The van der Waals surface area contributed by atoms with Gasteiger partial charge in [-0.1, -0.05) is 20.3 Å². The summed E-state index contributed by atoms with van der Waals surface area (Å²) in [6.45, 7) is 4.00. The number of carbonyl (C=O) groups excluding carboxylic acids is 1. The molecule has 1 aromatic rings. The summed E-state index contributed by atoms with van der Waals surface area (Å²) in [6.07, 6.45) is 4.23. The predicted molar refractivity (Wildman–Crippen MR) is 78.4 cm³/mol. The van der Waals surface area contributed by atoms with Crippen molar-refractivity contribution in [2.75, 3.05) is 0 Å². The summed E-state index contributed by atoms with van der Waals surface area (Å²) in [7, 11) is 0. The Morgan fingerprint density at radius 1 is 1.14 bits per heavy atom. The summed E-state index contributed by atoms with van der Waals surface area (Å²) in [5.74, 6) is 0.242. The Morgan fingerprint density at radius 2 is 1.71 bits per heavy atom. The van der Waals surface area contributed by atoms with Gasteiger partial charge in [0.1, 0.15) is 11.9 Å². The molecule has 0 saturated heterocycles.